The van der Waals surface area contributed by atoms with Crippen molar-refractivity contribution in [2.45, 2.75) is 24.8 Å². The van der Waals surface area contributed by atoms with Crippen LogP contribution < -0.4 is 4.74 Å². The Morgan fingerprint density at radius 2 is 1.67 bits per heavy atom. The molecule has 2 aromatic carbocycles. The van der Waals surface area contributed by atoms with E-state index >= 15 is 0 Å². The van der Waals surface area contributed by atoms with Gasteiger partial charge in [0, 0.05) is 6.92 Å². The maximum atomic E-state index is 12.1. The van der Waals surface area contributed by atoms with Crippen molar-refractivity contribution in [3.8, 4) is 5.75 Å². The average molecular weight is 350 g/mol. The zero-order chi connectivity index (χ0) is 17.7. The van der Waals surface area contributed by atoms with E-state index in [1.165, 1.54) is 43.3 Å². The summed E-state index contributed by atoms with van der Waals surface area (Å²) in [7, 11) is -3.93. The van der Waals surface area contributed by atoms with E-state index in [0.717, 1.165) is 5.56 Å². The molecule has 128 valence electrons. The average Bonchev–Trinajstić information content (AvgIpc) is 2.53. The molecule has 0 heterocycles. The van der Waals surface area contributed by atoms with E-state index in [4.69, 9.17) is 8.92 Å². The Bertz CT molecular complexity index is 794. The fourth-order valence-electron chi connectivity index (χ4n) is 1.95. The summed E-state index contributed by atoms with van der Waals surface area (Å²) >= 11 is 0. The van der Waals surface area contributed by atoms with E-state index in [9.17, 15) is 18.3 Å². The molecule has 1 unspecified atom stereocenters. The molecule has 24 heavy (non-hydrogen) atoms. The van der Waals surface area contributed by atoms with Crippen molar-refractivity contribution >= 4 is 16.1 Å². The summed E-state index contributed by atoms with van der Waals surface area (Å²) in [4.78, 5) is 10.9. The molecular weight excluding hydrogens is 332 g/mol. The topological polar surface area (TPSA) is 89.9 Å². The van der Waals surface area contributed by atoms with Crippen LogP contribution in [0.25, 0.3) is 0 Å². The van der Waals surface area contributed by atoms with Gasteiger partial charge >= 0.3 is 5.97 Å². The van der Waals surface area contributed by atoms with Crippen LogP contribution >= 0.6 is 0 Å². The van der Waals surface area contributed by atoms with Crippen molar-refractivity contribution in [2.75, 3.05) is 6.61 Å². The van der Waals surface area contributed by atoms with Crippen LogP contribution in [0.4, 0.5) is 0 Å². The Hall–Kier alpha value is -2.22. The second kappa shape index (κ2) is 7.57. The fourth-order valence-corrected chi connectivity index (χ4v) is 2.86. The number of carbonyl (C=O) groups excluding carboxylic acids is 1. The Kier molecular flexibility index (Phi) is 5.71. The van der Waals surface area contributed by atoms with E-state index in [1.54, 1.807) is 12.1 Å². The maximum absolute atomic E-state index is 12.1. The van der Waals surface area contributed by atoms with Gasteiger partial charge in [0.25, 0.3) is 10.1 Å². The first-order valence-corrected chi connectivity index (χ1v) is 8.61. The molecule has 0 aliphatic heterocycles. The quantitative estimate of drug-likeness (QED) is 0.489. The highest BCUT2D eigenvalue weighted by atomic mass is 32.2. The number of aliphatic hydroxyl groups excluding tert-OH is 1. The van der Waals surface area contributed by atoms with E-state index < -0.39 is 28.8 Å². The molecule has 0 saturated carbocycles. The lowest BCUT2D eigenvalue weighted by atomic mass is 10.1. The second-order valence-electron chi connectivity index (χ2n) is 5.23. The third kappa shape index (κ3) is 4.89. The molecule has 0 amide bonds. The molecule has 0 radical (unpaired) electrons. The first-order valence-electron chi connectivity index (χ1n) is 7.20. The van der Waals surface area contributed by atoms with Crippen molar-refractivity contribution in [2.24, 2.45) is 0 Å². The second-order valence-corrected chi connectivity index (χ2v) is 6.85. The van der Waals surface area contributed by atoms with Gasteiger partial charge in [0.15, 0.2) is 0 Å². The Morgan fingerprint density at radius 1 is 1.08 bits per heavy atom. The van der Waals surface area contributed by atoms with Crippen molar-refractivity contribution in [3.05, 3.63) is 59.7 Å². The number of rotatable bonds is 6. The van der Waals surface area contributed by atoms with Crippen LogP contribution in [0.1, 0.15) is 24.2 Å². The lowest BCUT2D eigenvalue weighted by molar-refractivity contribution is -0.131. The highest BCUT2D eigenvalue weighted by Crippen LogP contribution is 2.20. The van der Waals surface area contributed by atoms with E-state index in [2.05, 4.69) is 0 Å². The summed E-state index contributed by atoms with van der Waals surface area (Å²) in [6, 6.07) is 12.3. The molecule has 2 rings (SSSR count). The minimum Gasteiger partial charge on any atom is -0.427 e. The van der Waals surface area contributed by atoms with Crippen LogP contribution in [0, 0.1) is 6.92 Å². The van der Waals surface area contributed by atoms with Gasteiger partial charge in [-0.2, -0.15) is 8.42 Å². The number of esters is 1. The number of aryl methyl sites for hydroxylation is 1. The van der Waals surface area contributed by atoms with Crippen molar-refractivity contribution in [1.29, 1.82) is 0 Å². The summed E-state index contributed by atoms with van der Waals surface area (Å²) < 4.78 is 33.9. The van der Waals surface area contributed by atoms with Gasteiger partial charge in [-0.05, 0) is 36.8 Å². The Labute approximate surface area is 140 Å². The predicted molar refractivity (Wildman–Crippen MR) is 87.0 cm³/mol. The van der Waals surface area contributed by atoms with Gasteiger partial charge in [0.2, 0.25) is 0 Å². The smallest absolute Gasteiger partial charge is 0.308 e. The SMILES string of the molecule is CC(=O)Oc1ccc(C(O)COS(=O)(=O)c2ccc(C)cc2)cc1. The molecule has 6 nitrogen and oxygen atoms in total. The van der Waals surface area contributed by atoms with Crippen molar-refractivity contribution in [1.82, 2.24) is 0 Å². The molecule has 1 atom stereocenters. The molecule has 0 spiro atoms. The minimum atomic E-state index is -3.93. The summed E-state index contributed by atoms with van der Waals surface area (Å²) in [5, 5.41) is 10.1. The third-order valence-electron chi connectivity index (χ3n) is 3.22. The van der Waals surface area contributed by atoms with E-state index in [-0.39, 0.29) is 4.90 Å². The number of hydrogen-bond acceptors (Lipinski definition) is 6. The van der Waals surface area contributed by atoms with Crippen LogP contribution in [0.15, 0.2) is 53.4 Å². The molecule has 7 heteroatoms. The normalized spacial score (nSPS) is 12.6. The number of aliphatic hydroxyl groups is 1. The summed E-state index contributed by atoms with van der Waals surface area (Å²) in [5.74, 6) is -0.109. The van der Waals surface area contributed by atoms with Gasteiger partial charge in [-0.15, -0.1) is 0 Å². The molecule has 0 aliphatic carbocycles. The van der Waals surface area contributed by atoms with Gasteiger partial charge in [-0.3, -0.25) is 8.98 Å². The van der Waals surface area contributed by atoms with Gasteiger partial charge < -0.3 is 9.84 Å². The summed E-state index contributed by atoms with van der Waals surface area (Å²) in [6.45, 7) is 2.72. The van der Waals surface area contributed by atoms with Crippen LogP contribution in [-0.2, 0) is 19.1 Å². The van der Waals surface area contributed by atoms with Crippen molar-refractivity contribution < 1.29 is 27.2 Å². The molecule has 1 N–H and O–H groups in total. The molecule has 0 saturated heterocycles. The van der Waals surface area contributed by atoms with E-state index in [0.29, 0.717) is 11.3 Å². The van der Waals surface area contributed by atoms with E-state index in [1.807, 2.05) is 6.92 Å². The maximum Gasteiger partial charge on any atom is 0.308 e. The lowest BCUT2D eigenvalue weighted by Crippen LogP contribution is -2.13. The van der Waals surface area contributed by atoms with Gasteiger partial charge in [0.05, 0.1) is 11.5 Å². The zero-order valence-corrected chi connectivity index (χ0v) is 14.1. The van der Waals surface area contributed by atoms with Crippen molar-refractivity contribution in [3.63, 3.8) is 0 Å². The predicted octanol–water partition coefficient (Wildman–Crippen LogP) is 2.36. The Morgan fingerprint density at radius 3 is 2.21 bits per heavy atom. The highest BCUT2D eigenvalue weighted by Gasteiger charge is 2.18. The molecular formula is C17H18O6S. The largest absolute Gasteiger partial charge is 0.427 e. The first-order chi connectivity index (χ1) is 11.3. The Balaban J connectivity index is 2.00. The van der Waals surface area contributed by atoms with Gasteiger partial charge in [-0.25, -0.2) is 0 Å². The zero-order valence-electron chi connectivity index (χ0n) is 13.3. The molecule has 2 aromatic rings. The summed E-state index contributed by atoms with van der Waals surface area (Å²) in [6.07, 6.45) is -1.13. The fraction of sp³-hybridized carbons (Fsp3) is 0.235. The standard InChI is InChI=1S/C17H18O6S/c1-12-3-9-16(10-4-12)24(20,21)22-11-17(19)14-5-7-15(8-6-14)23-13(2)18/h3-10,17,19H,11H2,1-2H3. The number of ether oxygens (including phenoxy) is 1. The third-order valence-corrected chi connectivity index (χ3v) is 4.51. The minimum absolute atomic E-state index is 0.0329. The number of benzene rings is 2. The monoisotopic (exact) mass is 350 g/mol. The van der Waals surface area contributed by atoms with Crippen LogP contribution in [0.2, 0.25) is 0 Å². The molecule has 0 fully saturated rings. The molecule has 0 aromatic heterocycles. The van der Waals surface area contributed by atoms with Crippen LogP contribution in [0.3, 0.4) is 0 Å². The summed E-state index contributed by atoms with van der Waals surface area (Å²) in [5.41, 5.74) is 1.38. The van der Waals surface area contributed by atoms with Gasteiger partial charge in [-0.1, -0.05) is 29.8 Å². The lowest BCUT2D eigenvalue weighted by Gasteiger charge is -2.12. The van der Waals surface area contributed by atoms with Crippen LogP contribution in [-0.4, -0.2) is 26.1 Å². The number of hydrogen-bond donors (Lipinski definition) is 1. The van der Waals surface area contributed by atoms with Gasteiger partial charge in [0.1, 0.15) is 11.9 Å². The first kappa shape index (κ1) is 18.1. The highest BCUT2D eigenvalue weighted by molar-refractivity contribution is 7.86. The molecule has 0 bridgehead atoms. The number of carbonyl (C=O) groups is 1. The van der Waals surface area contributed by atoms with Crippen LogP contribution in [0.5, 0.6) is 5.75 Å². The molecule has 0 aliphatic rings.